The molecule has 0 amide bonds. The molecular formula is C12H15ClN2OS. The van der Waals surface area contributed by atoms with Crippen LogP contribution in [0, 0.1) is 0 Å². The van der Waals surface area contributed by atoms with E-state index in [2.05, 4.69) is 4.90 Å². The minimum Gasteiger partial charge on any atom is -0.389 e. The van der Waals surface area contributed by atoms with E-state index in [0.29, 0.717) is 16.6 Å². The molecule has 1 aliphatic rings. The van der Waals surface area contributed by atoms with Crippen LogP contribution in [0.2, 0.25) is 5.02 Å². The zero-order valence-electron chi connectivity index (χ0n) is 9.61. The third kappa shape index (κ3) is 2.70. The molecule has 1 saturated heterocycles. The smallest absolute Gasteiger partial charge is 0.106 e. The van der Waals surface area contributed by atoms with Crippen LogP contribution in [0.5, 0.6) is 0 Å². The van der Waals surface area contributed by atoms with Crippen LogP contribution >= 0.6 is 23.8 Å². The molecule has 2 rings (SSSR count). The van der Waals surface area contributed by atoms with Crippen molar-refractivity contribution in [3.05, 3.63) is 28.8 Å². The van der Waals surface area contributed by atoms with Crippen molar-refractivity contribution in [2.45, 2.75) is 18.9 Å². The van der Waals surface area contributed by atoms with Gasteiger partial charge in [-0.05, 0) is 31.5 Å². The summed E-state index contributed by atoms with van der Waals surface area (Å²) in [6.45, 7) is 3.18. The number of halogens is 1. The monoisotopic (exact) mass is 270 g/mol. The number of thiocarbonyl (C=S) groups is 1. The van der Waals surface area contributed by atoms with E-state index in [9.17, 15) is 5.11 Å². The van der Waals surface area contributed by atoms with Gasteiger partial charge in [-0.3, -0.25) is 0 Å². The molecule has 3 nitrogen and oxygen atoms in total. The quantitative estimate of drug-likeness (QED) is 0.807. The van der Waals surface area contributed by atoms with Crippen LogP contribution in [0.15, 0.2) is 18.2 Å². The van der Waals surface area contributed by atoms with Gasteiger partial charge in [0.05, 0.1) is 5.60 Å². The summed E-state index contributed by atoms with van der Waals surface area (Å²) in [6, 6.07) is 5.44. The molecule has 0 aliphatic carbocycles. The number of nitrogens with two attached hydrogens (primary N) is 1. The predicted molar refractivity (Wildman–Crippen MR) is 74.8 cm³/mol. The van der Waals surface area contributed by atoms with Gasteiger partial charge in [0.1, 0.15) is 4.99 Å². The van der Waals surface area contributed by atoms with Crippen molar-refractivity contribution < 1.29 is 5.11 Å². The summed E-state index contributed by atoms with van der Waals surface area (Å²) in [4.78, 5) is 2.42. The fraction of sp³-hybridized carbons (Fsp3) is 0.417. The number of β-amino-alcohol motifs (C(OH)–C–C–N with tert-alkyl or cyclic N) is 1. The molecule has 1 atom stereocenters. The molecule has 92 valence electrons. The second-order valence-corrected chi connectivity index (χ2v) is 5.57. The lowest BCUT2D eigenvalue weighted by molar-refractivity contribution is 0.0839. The number of rotatable bonds is 2. The maximum absolute atomic E-state index is 9.99. The minimum absolute atomic E-state index is 0.350. The second-order valence-electron chi connectivity index (χ2n) is 4.69. The van der Waals surface area contributed by atoms with Gasteiger partial charge in [-0.2, -0.15) is 0 Å². The Morgan fingerprint density at radius 1 is 1.59 bits per heavy atom. The third-order valence-electron chi connectivity index (χ3n) is 3.02. The van der Waals surface area contributed by atoms with E-state index >= 15 is 0 Å². The first-order chi connectivity index (χ1) is 7.89. The van der Waals surface area contributed by atoms with Crippen molar-refractivity contribution in [1.82, 2.24) is 0 Å². The maximum Gasteiger partial charge on any atom is 0.106 e. The number of anilines is 1. The number of aliphatic hydroxyl groups is 1. The highest BCUT2D eigenvalue weighted by molar-refractivity contribution is 7.80. The van der Waals surface area contributed by atoms with Gasteiger partial charge in [-0.15, -0.1) is 0 Å². The lowest BCUT2D eigenvalue weighted by Crippen LogP contribution is -2.30. The number of benzene rings is 1. The van der Waals surface area contributed by atoms with Gasteiger partial charge in [0.15, 0.2) is 0 Å². The van der Waals surface area contributed by atoms with Crippen LogP contribution in [-0.2, 0) is 0 Å². The average Bonchev–Trinajstić information content (AvgIpc) is 2.58. The molecule has 3 N–H and O–H groups in total. The summed E-state index contributed by atoms with van der Waals surface area (Å²) in [7, 11) is 0. The van der Waals surface area contributed by atoms with E-state index in [4.69, 9.17) is 29.6 Å². The van der Waals surface area contributed by atoms with E-state index in [1.165, 1.54) is 0 Å². The first-order valence-corrected chi connectivity index (χ1v) is 6.24. The Morgan fingerprint density at radius 3 is 2.82 bits per heavy atom. The molecule has 0 radical (unpaired) electrons. The zero-order valence-corrected chi connectivity index (χ0v) is 11.2. The van der Waals surface area contributed by atoms with Gasteiger partial charge in [0.2, 0.25) is 0 Å². The van der Waals surface area contributed by atoms with E-state index in [0.717, 1.165) is 24.2 Å². The molecule has 17 heavy (non-hydrogen) atoms. The third-order valence-corrected chi connectivity index (χ3v) is 3.47. The van der Waals surface area contributed by atoms with Crippen molar-refractivity contribution in [1.29, 1.82) is 0 Å². The molecule has 5 heteroatoms. The Kier molecular flexibility index (Phi) is 3.30. The Labute approximate surface area is 111 Å². The average molecular weight is 271 g/mol. The second kappa shape index (κ2) is 4.44. The Bertz CT molecular complexity index is 462. The fourth-order valence-electron chi connectivity index (χ4n) is 2.13. The van der Waals surface area contributed by atoms with Crippen LogP contribution in [0.25, 0.3) is 0 Å². The molecule has 1 aliphatic heterocycles. The zero-order chi connectivity index (χ0) is 12.6. The molecule has 1 aromatic rings. The number of hydrogen-bond acceptors (Lipinski definition) is 3. The highest BCUT2D eigenvalue weighted by atomic mass is 35.5. The molecule has 0 aromatic heterocycles. The fourth-order valence-corrected chi connectivity index (χ4v) is 2.46. The van der Waals surface area contributed by atoms with E-state index in [1.54, 1.807) is 6.07 Å². The lowest BCUT2D eigenvalue weighted by atomic mass is 10.1. The Morgan fingerprint density at radius 2 is 2.29 bits per heavy atom. The van der Waals surface area contributed by atoms with Crippen molar-refractivity contribution >= 4 is 34.5 Å². The van der Waals surface area contributed by atoms with Crippen molar-refractivity contribution in [3.63, 3.8) is 0 Å². The molecule has 0 spiro atoms. The first kappa shape index (κ1) is 12.6. The molecule has 0 saturated carbocycles. The lowest BCUT2D eigenvalue weighted by Gasteiger charge is -2.23. The molecule has 1 unspecified atom stereocenters. The summed E-state index contributed by atoms with van der Waals surface area (Å²) >= 11 is 11.0. The summed E-state index contributed by atoms with van der Waals surface area (Å²) < 4.78 is 0. The van der Waals surface area contributed by atoms with Crippen molar-refractivity contribution in [2.75, 3.05) is 18.0 Å². The van der Waals surface area contributed by atoms with Crippen LogP contribution in [0.1, 0.15) is 18.9 Å². The van der Waals surface area contributed by atoms with E-state index in [1.807, 2.05) is 19.1 Å². The molecule has 0 bridgehead atoms. The highest BCUT2D eigenvalue weighted by Crippen LogP contribution is 2.31. The van der Waals surface area contributed by atoms with Crippen LogP contribution in [0.3, 0.4) is 0 Å². The van der Waals surface area contributed by atoms with Crippen molar-refractivity contribution in [3.8, 4) is 0 Å². The number of hydrogen-bond donors (Lipinski definition) is 2. The minimum atomic E-state index is -0.657. The van der Waals surface area contributed by atoms with Gasteiger partial charge in [-0.25, -0.2) is 0 Å². The molecule has 1 fully saturated rings. The highest BCUT2D eigenvalue weighted by Gasteiger charge is 2.32. The van der Waals surface area contributed by atoms with Gasteiger partial charge >= 0.3 is 0 Å². The molecular weight excluding hydrogens is 256 g/mol. The summed E-state index contributed by atoms with van der Waals surface area (Å²) in [6.07, 6.45) is 0.732. The van der Waals surface area contributed by atoms with Crippen LogP contribution < -0.4 is 10.6 Å². The Balaban J connectivity index is 2.38. The Hall–Kier alpha value is -0.840. The summed E-state index contributed by atoms with van der Waals surface area (Å²) in [5, 5.41) is 10.6. The summed E-state index contributed by atoms with van der Waals surface area (Å²) in [5.74, 6) is 0. The van der Waals surface area contributed by atoms with Gasteiger partial charge < -0.3 is 15.7 Å². The first-order valence-electron chi connectivity index (χ1n) is 5.46. The standard InChI is InChI=1S/C12H15ClN2OS/c1-12(16)4-5-15(7-12)10-6-8(13)2-3-9(10)11(14)17/h2-3,6,16H,4-5,7H2,1H3,(H2,14,17). The topological polar surface area (TPSA) is 49.5 Å². The van der Waals surface area contributed by atoms with Gasteiger partial charge in [-0.1, -0.05) is 23.8 Å². The molecule has 1 aromatic carbocycles. The summed E-state index contributed by atoms with van der Waals surface area (Å²) in [5.41, 5.74) is 6.75. The largest absolute Gasteiger partial charge is 0.389 e. The normalized spacial score (nSPS) is 24.1. The van der Waals surface area contributed by atoms with Gasteiger partial charge in [0.25, 0.3) is 0 Å². The number of nitrogens with zero attached hydrogens (tertiary/aromatic N) is 1. The van der Waals surface area contributed by atoms with Crippen LogP contribution in [0.4, 0.5) is 5.69 Å². The SMILES string of the molecule is CC1(O)CCN(c2cc(Cl)ccc2C(N)=S)C1. The predicted octanol–water partition coefficient (Wildman–Crippen LogP) is 1.94. The van der Waals surface area contributed by atoms with Crippen LogP contribution in [-0.4, -0.2) is 28.8 Å². The maximum atomic E-state index is 9.99. The van der Waals surface area contributed by atoms with E-state index < -0.39 is 5.60 Å². The van der Waals surface area contributed by atoms with Crippen molar-refractivity contribution in [2.24, 2.45) is 5.73 Å². The molecule has 1 heterocycles. The van der Waals surface area contributed by atoms with E-state index in [-0.39, 0.29) is 0 Å². The van der Waals surface area contributed by atoms with Gasteiger partial charge in [0, 0.05) is 29.4 Å².